The SMILES string of the molecule is CCC(Nc1ccc(NC(=O)OC(C)(C)C)nc1)c1cccc(Br)c1. The molecule has 1 aromatic carbocycles. The maximum Gasteiger partial charge on any atom is 0.413 e. The van der Waals surface area contributed by atoms with Gasteiger partial charge in [-0.25, -0.2) is 9.78 Å². The Balaban J connectivity index is 2.00. The number of ether oxygens (including phenoxy) is 1. The fourth-order valence-corrected chi connectivity index (χ4v) is 2.72. The number of nitrogens with zero attached hydrogens (tertiary/aromatic N) is 1. The molecule has 0 aliphatic heterocycles. The molecular weight excluding hydrogens is 382 g/mol. The van der Waals surface area contributed by atoms with Crippen molar-refractivity contribution in [1.29, 1.82) is 0 Å². The van der Waals surface area contributed by atoms with Gasteiger partial charge < -0.3 is 10.1 Å². The van der Waals surface area contributed by atoms with E-state index in [1.165, 1.54) is 5.56 Å². The summed E-state index contributed by atoms with van der Waals surface area (Å²) in [6.45, 7) is 7.59. The van der Waals surface area contributed by atoms with Gasteiger partial charge in [0.1, 0.15) is 11.4 Å². The zero-order chi connectivity index (χ0) is 18.4. The average molecular weight is 406 g/mol. The van der Waals surface area contributed by atoms with Gasteiger partial charge in [-0.3, -0.25) is 5.32 Å². The number of anilines is 2. The molecule has 0 radical (unpaired) electrons. The monoisotopic (exact) mass is 405 g/mol. The molecule has 0 aliphatic rings. The number of pyridine rings is 1. The fraction of sp³-hybridized carbons (Fsp3) is 0.368. The third-order valence-corrected chi connectivity index (χ3v) is 3.89. The quantitative estimate of drug-likeness (QED) is 0.663. The molecule has 2 aromatic rings. The molecule has 1 heterocycles. The zero-order valence-corrected chi connectivity index (χ0v) is 16.6. The Morgan fingerprint density at radius 3 is 2.60 bits per heavy atom. The van der Waals surface area contributed by atoms with Crippen LogP contribution in [0.4, 0.5) is 16.3 Å². The summed E-state index contributed by atoms with van der Waals surface area (Å²) < 4.78 is 6.27. The Morgan fingerprint density at radius 1 is 1.28 bits per heavy atom. The van der Waals surface area contributed by atoms with Crippen LogP contribution in [0, 0.1) is 0 Å². The number of carbonyl (C=O) groups excluding carboxylic acids is 1. The number of hydrogen-bond acceptors (Lipinski definition) is 4. The minimum Gasteiger partial charge on any atom is -0.444 e. The van der Waals surface area contributed by atoms with E-state index in [-0.39, 0.29) is 6.04 Å². The lowest BCUT2D eigenvalue weighted by atomic mass is 10.0. The van der Waals surface area contributed by atoms with Crippen LogP contribution >= 0.6 is 15.9 Å². The Morgan fingerprint density at radius 2 is 2.04 bits per heavy atom. The number of aromatic nitrogens is 1. The fourth-order valence-electron chi connectivity index (χ4n) is 2.31. The van der Waals surface area contributed by atoms with Crippen molar-refractivity contribution in [1.82, 2.24) is 4.98 Å². The summed E-state index contributed by atoms with van der Waals surface area (Å²) in [5.74, 6) is 0.454. The standard InChI is InChI=1S/C19H24BrN3O2/c1-5-16(13-7-6-8-14(20)11-13)22-15-9-10-17(21-12-15)23-18(24)25-19(2,3)4/h6-12,16,22H,5H2,1-4H3,(H,21,23,24). The third kappa shape index (κ3) is 6.38. The highest BCUT2D eigenvalue weighted by Gasteiger charge is 2.16. The molecule has 0 aliphatic carbocycles. The van der Waals surface area contributed by atoms with Crippen LogP contribution in [0.25, 0.3) is 0 Å². The Kier molecular flexibility index (Phi) is 6.42. The molecule has 5 nitrogen and oxygen atoms in total. The summed E-state index contributed by atoms with van der Waals surface area (Å²) in [7, 11) is 0. The van der Waals surface area contributed by atoms with Gasteiger partial charge in [0.05, 0.1) is 17.9 Å². The second-order valence-corrected chi connectivity index (χ2v) is 7.63. The molecule has 0 spiro atoms. The number of hydrogen-bond donors (Lipinski definition) is 2. The van der Waals surface area contributed by atoms with Crippen LogP contribution in [0.5, 0.6) is 0 Å². The Hall–Kier alpha value is -2.08. The van der Waals surface area contributed by atoms with E-state index in [9.17, 15) is 4.79 Å². The van der Waals surface area contributed by atoms with Gasteiger partial charge in [0, 0.05) is 4.47 Å². The highest BCUT2D eigenvalue weighted by molar-refractivity contribution is 9.10. The summed E-state index contributed by atoms with van der Waals surface area (Å²) >= 11 is 3.51. The van der Waals surface area contributed by atoms with Crippen molar-refractivity contribution >= 4 is 33.5 Å². The molecule has 134 valence electrons. The van der Waals surface area contributed by atoms with Gasteiger partial charge in [0.25, 0.3) is 0 Å². The van der Waals surface area contributed by atoms with E-state index in [1.807, 2.05) is 39.0 Å². The minimum absolute atomic E-state index is 0.184. The first-order chi connectivity index (χ1) is 11.8. The topological polar surface area (TPSA) is 63.2 Å². The van der Waals surface area contributed by atoms with E-state index < -0.39 is 11.7 Å². The van der Waals surface area contributed by atoms with E-state index in [0.717, 1.165) is 16.6 Å². The number of amides is 1. The first-order valence-electron chi connectivity index (χ1n) is 8.25. The zero-order valence-electron chi connectivity index (χ0n) is 15.0. The molecule has 0 bridgehead atoms. The molecule has 1 aromatic heterocycles. The Bertz CT molecular complexity index is 711. The normalized spacial score (nSPS) is 12.4. The second kappa shape index (κ2) is 8.34. The molecule has 2 N–H and O–H groups in total. The number of rotatable bonds is 5. The minimum atomic E-state index is -0.538. The van der Waals surface area contributed by atoms with Crippen molar-refractivity contribution in [3.63, 3.8) is 0 Å². The van der Waals surface area contributed by atoms with Gasteiger partial charge in [0.2, 0.25) is 0 Å². The van der Waals surface area contributed by atoms with E-state index in [1.54, 1.807) is 12.3 Å². The maximum absolute atomic E-state index is 11.8. The van der Waals surface area contributed by atoms with Crippen LogP contribution in [0.2, 0.25) is 0 Å². The lowest BCUT2D eigenvalue weighted by Crippen LogP contribution is -2.27. The van der Waals surface area contributed by atoms with E-state index >= 15 is 0 Å². The van der Waals surface area contributed by atoms with Gasteiger partial charge in [0.15, 0.2) is 0 Å². The lowest BCUT2D eigenvalue weighted by molar-refractivity contribution is 0.0635. The number of nitrogens with one attached hydrogen (secondary N) is 2. The van der Waals surface area contributed by atoms with Crippen LogP contribution in [-0.2, 0) is 4.74 Å². The Labute approximate surface area is 157 Å². The molecule has 0 saturated carbocycles. The van der Waals surface area contributed by atoms with Crippen molar-refractivity contribution in [3.05, 3.63) is 52.6 Å². The van der Waals surface area contributed by atoms with Gasteiger partial charge in [-0.2, -0.15) is 0 Å². The van der Waals surface area contributed by atoms with Gasteiger partial charge >= 0.3 is 6.09 Å². The van der Waals surface area contributed by atoms with Gasteiger partial charge in [-0.05, 0) is 57.0 Å². The smallest absolute Gasteiger partial charge is 0.413 e. The van der Waals surface area contributed by atoms with Crippen LogP contribution in [-0.4, -0.2) is 16.7 Å². The van der Waals surface area contributed by atoms with Gasteiger partial charge in [-0.15, -0.1) is 0 Å². The third-order valence-electron chi connectivity index (χ3n) is 3.39. The van der Waals surface area contributed by atoms with Crippen molar-refractivity contribution in [2.24, 2.45) is 0 Å². The molecule has 6 heteroatoms. The highest BCUT2D eigenvalue weighted by atomic mass is 79.9. The van der Waals surface area contributed by atoms with Crippen LogP contribution in [0.3, 0.4) is 0 Å². The largest absolute Gasteiger partial charge is 0.444 e. The molecule has 0 fully saturated rings. The summed E-state index contributed by atoms with van der Waals surface area (Å²) in [5, 5.41) is 6.09. The molecular formula is C19H24BrN3O2. The van der Waals surface area contributed by atoms with Crippen molar-refractivity contribution in [2.75, 3.05) is 10.6 Å². The first kappa shape index (κ1) is 19.2. The molecule has 1 unspecified atom stereocenters. The van der Waals surface area contributed by atoms with Crippen LogP contribution in [0.1, 0.15) is 45.7 Å². The summed E-state index contributed by atoms with van der Waals surface area (Å²) in [6, 6.07) is 12.1. The van der Waals surface area contributed by atoms with E-state index in [2.05, 4.69) is 50.6 Å². The summed E-state index contributed by atoms with van der Waals surface area (Å²) in [4.78, 5) is 16.0. The second-order valence-electron chi connectivity index (χ2n) is 6.72. The molecule has 2 rings (SSSR count). The summed E-state index contributed by atoms with van der Waals surface area (Å²) in [6.07, 6.45) is 2.13. The number of benzene rings is 1. The van der Waals surface area contributed by atoms with E-state index in [4.69, 9.17) is 4.74 Å². The predicted octanol–water partition coefficient (Wildman–Crippen LogP) is 5.75. The maximum atomic E-state index is 11.8. The van der Waals surface area contributed by atoms with Crippen LogP contribution < -0.4 is 10.6 Å². The van der Waals surface area contributed by atoms with E-state index in [0.29, 0.717) is 5.82 Å². The van der Waals surface area contributed by atoms with Crippen molar-refractivity contribution in [3.8, 4) is 0 Å². The van der Waals surface area contributed by atoms with Crippen molar-refractivity contribution < 1.29 is 9.53 Å². The first-order valence-corrected chi connectivity index (χ1v) is 9.04. The molecule has 1 amide bonds. The van der Waals surface area contributed by atoms with Gasteiger partial charge in [-0.1, -0.05) is 35.0 Å². The van der Waals surface area contributed by atoms with Crippen molar-refractivity contribution in [2.45, 2.75) is 45.8 Å². The highest BCUT2D eigenvalue weighted by Crippen LogP contribution is 2.25. The summed E-state index contributed by atoms with van der Waals surface area (Å²) in [5.41, 5.74) is 1.55. The lowest BCUT2D eigenvalue weighted by Gasteiger charge is -2.20. The number of carbonyl (C=O) groups is 1. The number of halogens is 1. The predicted molar refractivity (Wildman–Crippen MR) is 105 cm³/mol. The molecule has 25 heavy (non-hydrogen) atoms. The molecule has 0 saturated heterocycles. The average Bonchev–Trinajstić information content (AvgIpc) is 2.52. The van der Waals surface area contributed by atoms with Crippen LogP contribution in [0.15, 0.2) is 47.1 Å². The molecule has 1 atom stereocenters.